The summed E-state index contributed by atoms with van der Waals surface area (Å²) in [4.78, 5) is 22.2. The number of thiazole rings is 1. The first-order valence-electron chi connectivity index (χ1n) is 11.1. The minimum atomic E-state index is -3.54. The van der Waals surface area contributed by atoms with Gasteiger partial charge in [-0.25, -0.2) is 13.4 Å². The fourth-order valence-corrected chi connectivity index (χ4v) is 7.56. The van der Waals surface area contributed by atoms with Gasteiger partial charge in [-0.15, -0.1) is 11.3 Å². The Morgan fingerprint density at radius 1 is 1.16 bits per heavy atom. The molecule has 8 heteroatoms. The number of sulfonamides is 1. The molecule has 2 fully saturated rings. The van der Waals surface area contributed by atoms with Gasteiger partial charge in [-0.3, -0.25) is 4.79 Å². The number of fused-ring (bicyclic) bond motifs is 1. The lowest BCUT2D eigenvalue weighted by molar-refractivity contribution is -0.147. The van der Waals surface area contributed by atoms with Crippen molar-refractivity contribution in [2.45, 2.75) is 56.9 Å². The molecule has 2 aliphatic heterocycles. The molecule has 3 aliphatic rings. The molecule has 3 heterocycles. The number of hydrogen-bond donors (Lipinski definition) is 0. The molecular formula is C23H29N3O3S2. The Labute approximate surface area is 188 Å². The maximum atomic E-state index is 13.8. The number of aryl methyl sites for hydroxylation is 1. The summed E-state index contributed by atoms with van der Waals surface area (Å²) in [5.74, 6) is 0.700. The Balaban J connectivity index is 1.33. The smallest absolute Gasteiger partial charge is 0.243 e. The number of aromatic nitrogens is 1. The number of amides is 1. The van der Waals surface area contributed by atoms with Crippen molar-refractivity contribution in [1.29, 1.82) is 0 Å². The third-order valence-electron chi connectivity index (χ3n) is 7.25. The van der Waals surface area contributed by atoms with Crippen molar-refractivity contribution >= 4 is 27.3 Å². The molecule has 2 aromatic rings. The Morgan fingerprint density at radius 3 is 2.55 bits per heavy atom. The van der Waals surface area contributed by atoms with Gasteiger partial charge in [0, 0.05) is 36.3 Å². The lowest BCUT2D eigenvalue weighted by atomic mass is 9.78. The van der Waals surface area contributed by atoms with Gasteiger partial charge in [0.2, 0.25) is 15.9 Å². The molecule has 5 rings (SSSR count). The van der Waals surface area contributed by atoms with Crippen molar-refractivity contribution in [1.82, 2.24) is 14.2 Å². The van der Waals surface area contributed by atoms with E-state index >= 15 is 0 Å². The standard InChI is InChI=1S/C23H29N3O3S2/c1-16-5-3-4-6-19(16)31(28,29)25-13-10-23(2,11-14-25)22(27)26-12-9-18-20(24-15-30-18)21(26)17-7-8-17/h3-6,15,17,21H,7-14H2,1-2H3. The number of nitrogens with zero attached hydrogens (tertiary/aromatic N) is 3. The van der Waals surface area contributed by atoms with Gasteiger partial charge in [0.15, 0.2) is 0 Å². The van der Waals surface area contributed by atoms with Crippen LogP contribution in [0.1, 0.15) is 54.8 Å². The van der Waals surface area contributed by atoms with Gasteiger partial charge >= 0.3 is 0 Å². The minimum absolute atomic E-state index is 0.105. The first kappa shape index (κ1) is 21.1. The van der Waals surface area contributed by atoms with Crippen molar-refractivity contribution in [3.8, 4) is 0 Å². The number of rotatable bonds is 4. The second-order valence-electron chi connectivity index (χ2n) is 9.42. The Morgan fingerprint density at radius 2 is 1.87 bits per heavy atom. The lowest BCUT2D eigenvalue weighted by Crippen LogP contribution is -2.52. The van der Waals surface area contributed by atoms with E-state index in [1.807, 2.05) is 31.5 Å². The van der Waals surface area contributed by atoms with Crippen LogP contribution < -0.4 is 0 Å². The Kier molecular flexibility index (Phi) is 5.22. The number of hydrogen-bond acceptors (Lipinski definition) is 5. The zero-order valence-corrected chi connectivity index (χ0v) is 19.7. The van der Waals surface area contributed by atoms with E-state index in [1.165, 1.54) is 4.88 Å². The molecular weight excluding hydrogens is 430 g/mol. The van der Waals surface area contributed by atoms with Gasteiger partial charge in [-0.1, -0.05) is 25.1 Å². The molecule has 1 saturated heterocycles. The maximum Gasteiger partial charge on any atom is 0.243 e. The quantitative estimate of drug-likeness (QED) is 0.698. The molecule has 6 nitrogen and oxygen atoms in total. The van der Waals surface area contributed by atoms with Crippen molar-refractivity contribution in [3.05, 3.63) is 45.9 Å². The number of piperidine rings is 1. The summed E-state index contributed by atoms with van der Waals surface area (Å²) in [6, 6.07) is 7.21. The van der Waals surface area contributed by atoms with Gasteiger partial charge in [-0.2, -0.15) is 4.31 Å². The molecule has 1 saturated carbocycles. The van der Waals surface area contributed by atoms with Crippen LogP contribution >= 0.6 is 11.3 Å². The molecule has 31 heavy (non-hydrogen) atoms. The van der Waals surface area contributed by atoms with Gasteiger partial charge in [0.05, 0.1) is 22.1 Å². The van der Waals surface area contributed by atoms with E-state index in [4.69, 9.17) is 0 Å². The zero-order valence-electron chi connectivity index (χ0n) is 18.1. The van der Waals surface area contributed by atoms with Gasteiger partial charge < -0.3 is 4.90 Å². The van der Waals surface area contributed by atoms with E-state index in [2.05, 4.69) is 9.88 Å². The van der Waals surface area contributed by atoms with Crippen molar-refractivity contribution in [2.24, 2.45) is 11.3 Å². The maximum absolute atomic E-state index is 13.8. The first-order chi connectivity index (χ1) is 14.8. The number of benzene rings is 1. The predicted octanol–water partition coefficient (Wildman–Crippen LogP) is 3.78. The molecule has 1 aromatic carbocycles. The van der Waals surface area contributed by atoms with Gasteiger partial charge in [0.25, 0.3) is 0 Å². The van der Waals surface area contributed by atoms with E-state index in [1.54, 1.807) is 27.8 Å². The summed E-state index contributed by atoms with van der Waals surface area (Å²) in [7, 11) is -3.54. The minimum Gasteiger partial charge on any atom is -0.333 e. The molecule has 166 valence electrons. The molecule has 0 N–H and O–H groups in total. The van der Waals surface area contributed by atoms with Crippen LogP contribution in [0.4, 0.5) is 0 Å². The van der Waals surface area contributed by atoms with Crippen LogP contribution in [0.25, 0.3) is 0 Å². The highest BCUT2D eigenvalue weighted by Crippen LogP contribution is 2.49. The second-order valence-corrected chi connectivity index (χ2v) is 12.3. The summed E-state index contributed by atoms with van der Waals surface area (Å²) < 4.78 is 27.9. The van der Waals surface area contributed by atoms with Crippen molar-refractivity contribution in [3.63, 3.8) is 0 Å². The monoisotopic (exact) mass is 459 g/mol. The zero-order chi connectivity index (χ0) is 21.8. The summed E-state index contributed by atoms with van der Waals surface area (Å²) in [5, 5.41) is 0. The van der Waals surface area contributed by atoms with Crippen LogP contribution in [0.5, 0.6) is 0 Å². The summed E-state index contributed by atoms with van der Waals surface area (Å²) >= 11 is 1.70. The van der Waals surface area contributed by atoms with Gasteiger partial charge in [-0.05, 0) is 50.2 Å². The van der Waals surface area contributed by atoms with Crippen LogP contribution in [0.15, 0.2) is 34.7 Å². The molecule has 1 aromatic heterocycles. The van der Waals surface area contributed by atoms with E-state index in [-0.39, 0.29) is 11.9 Å². The van der Waals surface area contributed by atoms with Crippen LogP contribution in [0, 0.1) is 18.3 Å². The Hall–Kier alpha value is -1.77. The number of carbonyl (C=O) groups excluding carboxylic acids is 1. The highest BCUT2D eigenvalue weighted by Gasteiger charge is 2.48. The van der Waals surface area contributed by atoms with E-state index in [0.717, 1.165) is 37.1 Å². The predicted molar refractivity (Wildman–Crippen MR) is 120 cm³/mol. The second kappa shape index (κ2) is 7.67. The van der Waals surface area contributed by atoms with Crippen LogP contribution in [0.2, 0.25) is 0 Å². The summed E-state index contributed by atoms with van der Waals surface area (Å²) in [6.45, 7) is 5.35. The largest absolute Gasteiger partial charge is 0.333 e. The van der Waals surface area contributed by atoms with Crippen molar-refractivity contribution < 1.29 is 13.2 Å². The molecule has 1 atom stereocenters. The van der Waals surface area contributed by atoms with Crippen LogP contribution in [-0.4, -0.2) is 48.1 Å². The molecule has 1 amide bonds. The topological polar surface area (TPSA) is 70.6 Å². The van der Waals surface area contributed by atoms with Gasteiger partial charge in [0.1, 0.15) is 0 Å². The molecule has 1 aliphatic carbocycles. The Bertz CT molecular complexity index is 1100. The molecule has 0 spiro atoms. The fraction of sp³-hybridized carbons (Fsp3) is 0.565. The third-order valence-corrected chi connectivity index (χ3v) is 10.2. The molecule has 0 bridgehead atoms. The molecule has 0 radical (unpaired) electrons. The first-order valence-corrected chi connectivity index (χ1v) is 13.4. The average molecular weight is 460 g/mol. The number of carbonyl (C=O) groups is 1. The van der Waals surface area contributed by atoms with E-state index in [9.17, 15) is 13.2 Å². The SMILES string of the molecule is Cc1ccccc1S(=O)(=O)N1CCC(C)(C(=O)N2CCc3scnc3C2C2CC2)CC1. The summed E-state index contributed by atoms with van der Waals surface area (Å²) in [5.41, 5.74) is 3.24. The fourth-order valence-electron chi connectivity index (χ4n) is 5.10. The lowest BCUT2D eigenvalue weighted by Gasteiger charge is -2.44. The normalized spacial score (nSPS) is 24.1. The third kappa shape index (κ3) is 3.62. The van der Waals surface area contributed by atoms with Crippen molar-refractivity contribution in [2.75, 3.05) is 19.6 Å². The van der Waals surface area contributed by atoms with Crippen LogP contribution in [-0.2, 0) is 21.2 Å². The summed E-state index contributed by atoms with van der Waals surface area (Å²) in [6.07, 6.45) is 4.29. The van der Waals surface area contributed by atoms with E-state index < -0.39 is 15.4 Å². The average Bonchev–Trinajstić information content (AvgIpc) is 3.48. The highest BCUT2D eigenvalue weighted by molar-refractivity contribution is 7.89. The highest BCUT2D eigenvalue weighted by atomic mass is 32.2. The molecule has 1 unspecified atom stereocenters. The van der Waals surface area contributed by atoms with Crippen LogP contribution in [0.3, 0.4) is 0 Å². The van der Waals surface area contributed by atoms with E-state index in [0.29, 0.717) is 36.7 Å².